The Labute approximate surface area is 190 Å². The lowest BCUT2D eigenvalue weighted by molar-refractivity contribution is -0.139. The molecule has 1 atom stereocenters. The van der Waals surface area contributed by atoms with E-state index < -0.39 is 6.04 Å². The third kappa shape index (κ3) is 6.49. The van der Waals surface area contributed by atoms with Crippen molar-refractivity contribution in [2.24, 2.45) is 0 Å². The van der Waals surface area contributed by atoms with E-state index in [1.54, 1.807) is 17.0 Å². The number of hydrogen-bond donors (Lipinski definition) is 1. The molecule has 2 aliphatic rings. The van der Waals surface area contributed by atoms with E-state index in [-0.39, 0.29) is 23.7 Å². The largest absolute Gasteiger partial charge is 0.351 e. The van der Waals surface area contributed by atoms with E-state index in [0.717, 1.165) is 50.5 Å². The minimum atomic E-state index is -0.695. The van der Waals surface area contributed by atoms with E-state index in [1.165, 1.54) is 24.8 Å². The van der Waals surface area contributed by atoms with Crippen molar-refractivity contribution in [1.29, 1.82) is 0 Å². The van der Waals surface area contributed by atoms with E-state index in [0.29, 0.717) is 11.6 Å². The molecule has 2 amide bonds. The molecule has 164 valence electrons. The zero-order chi connectivity index (χ0) is 21.3. The Hall–Kier alpha value is -1.52. The zero-order valence-electron chi connectivity index (χ0n) is 17.5. The van der Waals surface area contributed by atoms with Gasteiger partial charge in [0.25, 0.3) is 0 Å². The van der Waals surface area contributed by atoms with Crippen LogP contribution in [0.4, 0.5) is 0 Å². The first-order valence-corrected chi connectivity index (χ1v) is 12.1. The van der Waals surface area contributed by atoms with Crippen molar-refractivity contribution in [3.05, 3.63) is 46.5 Å². The molecule has 3 rings (SSSR count). The maximum Gasteiger partial charge on any atom is 0.247 e. The first-order chi connectivity index (χ1) is 14.6. The number of allylic oxidation sites excluding steroid dienone is 1. The van der Waals surface area contributed by atoms with Crippen molar-refractivity contribution in [3.8, 4) is 0 Å². The van der Waals surface area contributed by atoms with Crippen LogP contribution >= 0.6 is 23.2 Å². The van der Waals surface area contributed by atoms with Crippen LogP contribution < -0.4 is 5.32 Å². The number of nitrogens with one attached hydrogen (secondary N) is 1. The van der Waals surface area contributed by atoms with E-state index in [4.69, 9.17) is 23.2 Å². The highest BCUT2D eigenvalue weighted by Gasteiger charge is 2.32. The fourth-order valence-corrected chi connectivity index (χ4v) is 4.79. The van der Waals surface area contributed by atoms with E-state index in [2.05, 4.69) is 11.4 Å². The van der Waals surface area contributed by atoms with Gasteiger partial charge in [0.15, 0.2) is 0 Å². The van der Waals surface area contributed by atoms with Gasteiger partial charge in [-0.05, 0) is 62.6 Å². The normalized spacial score (nSPS) is 18.4. The van der Waals surface area contributed by atoms with Crippen molar-refractivity contribution in [2.45, 2.75) is 76.3 Å². The molecule has 0 heterocycles. The fourth-order valence-electron chi connectivity index (χ4n) is 4.52. The minimum Gasteiger partial charge on any atom is -0.351 e. The SMILES string of the molecule is O=C(NC1CCCCC1)[C@H](c1ccc(Cl)cc1)N(CCC1=CCCCC1)C(=O)CCl. The Balaban J connectivity index is 1.83. The van der Waals surface area contributed by atoms with Crippen molar-refractivity contribution in [3.63, 3.8) is 0 Å². The highest BCUT2D eigenvalue weighted by molar-refractivity contribution is 6.30. The minimum absolute atomic E-state index is 0.125. The Kier molecular flexibility index (Phi) is 9.07. The van der Waals surface area contributed by atoms with E-state index in [1.807, 2.05) is 12.1 Å². The van der Waals surface area contributed by atoms with Crippen LogP contribution in [0.1, 0.15) is 75.8 Å². The number of hydrogen-bond acceptors (Lipinski definition) is 2. The quantitative estimate of drug-likeness (QED) is 0.402. The molecule has 0 radical (unpaired) electrons. The third-order valence-electron chi connectivity index (χ3n) is 6.19. The molecule has 2 aliphatic carbocycles. The Bertz CT molecular complexity index is 742. The van der Waals surface area contributed by atoms with Gasteiger partial charge < -0.3 is 10.2 Å². The highest BCUT2D eigenvalue weighted by Crippen LogP contribution is 2.27. The van der Waals surface area contributed by atoms with Crippen LogP contribution in [-0.4, -0.2) is 35.2 Å². The predicted octanol–water partition coefficient (Wildman–Crippen LogP) is 5.79. The topological polar surface area (TPSA) is 49.4 Å². The molecule has 1 fully saturated rings. The summed E-state index contributed by atoms with van der Waals surface area (Å²) in [6.07, 6.45) is 13.1. The molecule has 1 saturated carbocycles. The molecular formula is C24H32Cl2N2O2. The molecule has 0 unspecified atom stereocenters. The number of amides is 2. The van der Waals surface area contributed by atoms with Gasteiger partial charge in [-0.1, -0.05) is 54.6 Å². The lowest BCUT2D eigenvalue weighted by Gasteiger charge is -2.33. The van der Waals surface area contributed by atoms with Crippen LogP contribution in [-0.2, 0) is 9.59 Å². The molecule has 1 aromatic carbocycles. The first kappa shape index (κ1) is 23.1. The van der Waals surface area contributed by atoms with Crippen molar-refractivity contribution in [1.82, 2.24) is 10.2 Å². The van der Waals surface area contributed by atoms with Gasteiger partial charge in [0.1, 0.15) is 11.9 Å². The van der Waals surface area contributed by atoms with Crippen molar-refractivity contribution >= 4 is 35.0 Å². The summed E-state index contributed by atoms with van der Waals surface area (Å²) in [6.45, 7) is 0.489. The number of alkyl halides is 1. The molecule has 4 nitrogen and oxygen atoms in total. The van der Waals surface area contributed by atoms with Gasteiger partial charge in [-0.25, -0.2) is 0 Å². The van der Waals surface area contributed by atoms with Crippen LogP contribution in [0.25, 0.3) is 0 Å². The summed E-state index contributed by atoms with van der Waals surface area (Å²) in [4.78, 5) is 27.9. The number of rotatable bonds is 8. The van der Waals surface area contributed by atoms with Crippen LogP contribution in [0.5, 0.6) is 0 Å². The molecule has 1 N–H and O–H groups in total. The molecule has 0 bridgehead atoms. The second-order valence-electron chi connectivity index (χ2n) is 8.38. The van der Waals surface area contributed by atoms with Gasteiger partial charge in [-0.3, -0.25) is 9.59 Å². The molecule has 1 aromatic rings. The maximum atomic E-state index is 13.4. The molecular weight excluding hydrogens is 419 g/mol. The predicted molar refractivity (Wildman–Crippen MR) is 123 cm³/mol. The Morgan fingerprint density at radius 2 is 1.80 bits per heavy atom. The van der Waals surface area contributed by atoms with Gasteiger partial charge in [-0.2, -0.15) is 0 Å². The van der Waals surface area contributed by atoms with Crippen LogP contribution in [0.15, 0.2) is 35.9 Å². The first-order valence-electron chi connectivity index (χ1n) is 11.2. The highest BCUT2D eigenvalue weighted by atomic mass is 35.5. The number of nitrogens with zero attached hydrogens (tertiary/aromatic N) is 1. The van der Waals surface area contributed by atoms with Crippen LogP contribution in [0.3, 0.4) is 0 Å². The summed E-state index contributed by atoms with van der Waals surface area (Å²) >= 11 is 12.0. The van der Waals surface area contributed by atoms with Gasteiger partial charge in [0.2, 0.25) is 11.8 Å². The summed E-state index contributed by atoms with van der Waals surface area (Å²) in [7, 11) is 0. The average molecular weight is 451 g/mol. The van der Waals surface area contributed by atoms with Crippen molar-refractivity contribution in [2.75, 3.05) is 12.4 Å². The van der Waals surface area contributed by atoms with Crippen LogP contribution in [0, 0.1) is 0 Å². The number of carbonyl (C=O) groups is 2. The zero-order valence-corrected chi connectivity index (χ0v) is 19.1. The molecule has 6 heteroatoms. The number of benzene rings is 1. The lowest BCUT2D eigenvalue weighted by Crippen LogP contribution is -2.47. The maximum absolute atomic E-state index is 13.4. The number of halogens is 2. The monoisotopic (exact) mass is 450 g/mol. The standard InChI is InChI=1S/C24H32Cl2N2O2/c25-17-22(29)28(16-15-18-7-3-1-4-8-18)23(19-11-13-20(26)14-12-19)24(30)27-21-9-5-2-6-10-21/h7,11-14,21,23H,1-6,8-10,15-17H2,(H,27,30)/t23-/m0/s1. The van der Waals surface area contributed by atoms with Gasteiger partial charge in [0, 0.05) is 17.6 Å². The second kappa shape index (κ2) is 11.8. The lowest BCUT2D eigenvalue weighted by atomic mass is 9.94. The Morgan fingerprint density at radius 1 is 1.07 bits per heavy atom. The Morgan fingerprint density at radius 3 is 2.43 bits per heavy atom. The summed E-state index contributed by atoms with van der Waals surface area (Å²) < 4.78 is 0. The van der Waals surface area contributed by atoms with Gasteiger partial charge >= 0.3 is 0 Å². The van der Waals surface area contributed by atoms with Gasteiger partial charge in [0.05, 0.1) is 0 Å². The molecule has 30 heavy (non-hydrogen) atoms. The van der Waals surface area contributed by atoms with E-state index in [9.17, 15) is 9.59 Å². The molecule has 0 spiro atoms. The summed E-state index contributed by atoms with van der Waals surface area (Å²) in [6, 6.07) is 6.69. The third-order valence-corrected chi connectivity index (χ3v) is 6.67. The van der Waals surface area contributed by atoms with Gasteiger partial charge in [-0.15, -0.1) is 11.6 Å². The smallest absolute Gasteiger partial charge is 0.247 e. The summed E-state index contributed by atoms with van der Waals surface area (Å²) in [5, 5.41) is 3.81. The van der Waals surface area contributed by atoms with Crippen LogP contribution in [0.2, 0.25) is 5.02 Å². The summed E-state index contributed by atoms with van der Waals surface area (Å²) in [5.41, 5.74) is 2.14. The second-order valence-corrected chi connectivity index (χ2v) is 9.08. The number of carbonyl (C=O) groups excluding carboxylic acids is 2. The molecule has 0 saturated heterocycles. The van der Waals surface area contributed by atoms with E-state index >= 15 is 0 Å². The summed E-state index contributed by atoms with van der Waals surface area (Å²) in [5.74, 6) is -0.480. The van der Waals surface area contributed by atoms with Crippen molar-refractivity contribution < 1.29 is 9.59 Å². The molecule has 0 aromatic heterocycles. The average Bonchev–Trinajstić information content (AvgIpc) is 2.78. The fraction of sp³-hybridized carbons (Fsp3) is 0.583. The molecule has 0 aliphatic heterocycles.